The van der Waals surface area contributed by atoms with Crippen molar-refractivity contribution in [3.8, 4) is 0 Å². The highest BCUT2D eigenvalue weighted by Gasteiger charge is 2.07. The summed E-state index contributed by atoms with van der Waals surface area (Å²) < 4.78 is 0. The van der Waals surface area contributed by atoms with Gasteiger partial charge in [0.2, 0.25) is 0 Å². The molecule has 0 saturated carbocycles. The van der Waals surface area contributed by atoms with Gasteiger partial charge >= 0.3 is 0 Å². The number of aromatic nitrogens is 5. The Morgan fingerprint density at radius 1 is 1.54 bits per heavy atom. The minimum Gasteiger partial charge on any atom is -0.383 e. The molecule has 68 valence electrons. The Hall–Kier alpha value is -1.50. The van der Waals surface area contributed by atoms with Gasteiger partial charge in [-0.15, -0.1) is 0 Å². The molecule has 0 aliphatic rings. The Labute approximate surface area is 78.4 Å². The third-order valence-electron chi connectivity index (χ3n) is 1.40. The molecule has 2 rings (SSSR count). The molecule has 2 aromatic heterocycles. The van der Waals surface area contributed by atoms with Gasteiger partial charge in [-0.3, -0.25) is 5.10 Å². The topological polar surface area (TPSA) is 96.3 Å². The van der Waals surface area contributed by atoms with Crippen molar-refractivity contribution >= 4 is 17.6 Å². The van der Waals surface area contributed by atoms with E-state index in [0.29, 0.717) is 16.0 Å². The zero-order valence-electron chi connectivity index (χ0n) is 6.90. The van der Waals surface area contributed by atoms with Gasteiger partial charge in [-0.2, -0.15) is 5.10 Å². The summed E-state index contributed by atoms with van der Waals surface area (Å²) in [6.45, 7) is 1.85. The number of H-pyrrole nitrogens is 2. The fourth-order valence-electron chi connectivity index (χ4n) is 0.902. The highest BCUT2D eigenvalue weighted by atomic mass is 32.2. The predicted molar refractivity (Wildman–Crippen MR) is 48.2 cm³/mol. The van der Waals surface area contributed by atoms with Crippen LogP contribution in [0.2, 0.25) is 0 Å². The van der Waals surface area contributed by atoms with Gasteiger partial charge in [0, 0.05) is 0 Å². The number of nitrogens with zero attached hydrogens (tertiary/aromatic N) is 3. The fourth-order valence-corrected chi connectivity index (χ4v) is 1.63. The van der Waals surface area contributed by atoms with Crippen LogP contribution >= 0.6 is 11.8 Å². The molecule has 6 nitrogen and oxygen atoms in total. The number of nitrogens with one attached hydrogen (secondary N) is 2. The number of aryl methyl sites for hydroxylation is 1. The smallest absolute Gasteiger partial charge is 0.189 e. The molecule has 2 heterocycles. The van der Waals surface area contributed by atoms with Gasteiger partial charge in [-0.1, -0.05) is 0 Å². The molecule has 0 spiro atoms. The first kappa shape index (κ1) is 8.11. The van der Waals surface area contributed by atoms with Crippen LogP contribution in [0, 0.1) is 6.92 Å². The molecule has 0 atom stereocenters. The number of hydrogen-bond acceptors (Lipinski definition) is 5. The molecule has 0 amide bonds. The average Bonchev–Trinajstić information content (AvgIpc) is 2.63. The lowest BCUT2D eigenvalue weighted by Gasteiger charge is -1.91. The first-order valence-electron chi connectivity index (χ1n) is 3.61. The minimum atomic E-state index is 0.555. The summed E-state index contributed by atoms with van der Waals surface area (Å²) in [5, 5.41) is 7.83. The van der Waals surface area contributed by atoms with Crippen LogP contribution in [0.1, 0.15) is 5.82 Å². The third-order valence-corrected chi connectivity index (χ3v) is 2.30. The van der Waals surface area contributed by atoms with Gasteiger partial charge in [0.05, 0.1) is 0 Å². The third kappa shape index (κ3) is 1.64. The van der Waals surface area contributed by atoms with Crippen LogP contribution in [0.3, 0.4) is 0 Å². The van der Waals surface area contributed by atoms with E-state index >= 15 is 0 Å². The molecule has 0 aliphatic heterocycles. The maximum atomic E-state index is 5.66. The summed E-state index contributed by atoms with van der Waals surface area (Å²) in [7, 11) is 0. The van der Waals surface area contributed by atoms with Gasteiger partial charge in [0.25, 0.3) is 0 Å². The van der Waals surface area contributed by atoms with E-state index < -0.39 is 0 Å². The Morgan fingerprint density at radius 2 is 2.38 bits per heavy atom. The van der Waals surface area contributed by atoms with Gasteiger partial charge in [-0.25, -0.2) is 9.97 Å². The average molecular weight is 196 g/mol. The number of anilines is 1. The standard InChI is InChI=1S/C6H8N6S/c1-3-10-4(7)5(11-3)13-6-8-2-9-12-6/h2H,7H2,1H3,(H,10,11)(H,8,9,12). The van der Waals surface area contributed by atoms with Gasteiger partial charge < -0.3 is 10.7 Å². The van der Waals surface area contributed by atoms with Crippen LogP contribution in [0.4, 0.5) is 5.82 Å². The fraction of sp³-hybridized carbons (Fsp3) is 0.167. The molecule has 0 fully saturated rings. The van der Waals surface area contributed by atoms with Crippen molar-refractivity contribution in [2.45, 2.75) is 17.1 Å². The van der Waals surface area contributed by atoms with Crippen molar-refractivity contribution in [1.29, 1.82) is 0 Å². The summed E-state index contributed by atoms with van der Waals surface area (Å²) in [5.41, 5.74) is 5.66. The first-order valence-corrected chi connectivity index (χ1v) is 4.42. The summed E-state index contributed by atoms with van der Waals surface area (Å²) in [5.74, 6) is 1.35. The van der Waals surface area contributed by atoms with E-state index in [0.717, 1.165) is 5.82 Å². The number of nitrogens with two attached hydrogens (primary N) is 1. The maximum absolute atomic E-state index is 5.66. The highest BCUT2D eigenvalue weighted by Crippen LogP contribution is 2.26. The highest BCUT2D eigenvalue weighted by molar-refractivity contribution is 7.99. The van der Waals surface area contributed by atoms with Crippen LogP contribution < -0.4 is 5.73 Å². The molecule has 0 saturated heterocycles. The number of rotatable bonds is 2. The molecule has 13 heavy (non-hydrogen) atoms. The number of aromatic amines is 2. The number of imidazole rings is 1. The van der Waals surface area contributed by atoms with Crippen molar-refractivity contribution in [2.24, 2.45) is 0 Å². The van der Waals surface area contributed by atoms with Crippen molar-refractivity contribution in [2.75, 3.05) is 5.73 Å². The van der Waals surface area contributed by atoms with Gasteiger partial charge in [-0.05, 0) is 18.7 Å². The van der Waals surface area contributed by atoms with Gasteiger partial charge in [0.1, 0.15) is 23.0 Å². The zero-order chi connectivity index (χ0) is 9.26. The largest absolute Gasteiger partial charge is 0.383 e. The van der Waals surface area contributed by atoms with E-state index in [-0.39, 0.29) is 0 Å². The quantitative estimate of drug-likeness (QED) is 0.652. The Kier molecular flexibility index (Phi) is 1.93. The molecule has 4 N–H and O–H groups in total. The van der Waals surface area contributed by atoms with E-state index in [9.17, 15) is 0 Å². The van der Waals surface area contributed by atoms with E-state index in [2.05, 4.69) is 25.1 Å². The lowest BCUT2D eigenvalue weighted by atomic mass is 10.8. The predicted octanol–water partition coefficient (Wildman–Crippen LogP) is 0.570. The first-order chi connectivity index (χ1) is 6.25. The Morgan fingerprint density at radius 3 is 2.92 bits per heavy atom. The van der Waals surface area contributed by atoms with Crippen molar-refractivity contribution in [3.63, 3.8) is 0 Å². The normalized spacial score (nSPS) is 10.5. The SMILES string of the molecule is Cc1nc(Sc2ncn[nH]2)c(N)[nH]1. The maximum Gasteiger partial charge on any atom is 0.189 e. The van der Waals surface area contributed by atoms with Crippen LogP contribution in [-0.2, 0) is 0 Å². The van der Waals surface area contributed by atoms with Crippen molar-refractivity contribution in [3.05, 3.63) is 12.2 Å². The molecule has 0 aromatic carbocycles. The summed E-state index contributed by atoms with van der Waals surface area (Å²) in [6, 6.07) is 0. The molecule has 0 aliphatic carbocycles. The minimum absolute atomic E-state index is 0.555. The summed E-state index contributed by atoms with van der Waals surface area (Å²) in [4.78, 5) is 11.0. The van der Waals surface area contributed by atoms with Crippen LogP contribution in [0.25, 0.3) is 0 Å². The number of hydrogen-bond donors (Lipinski definition) is 3. The second kappa shape index (κ2) is 3.09. The number of nitrogen functional groups attached to an aromatic ring is 1. The van der Waals surface area contributed by atoms with E-state index in [1.54, 1.807) is 0 Å². The second-order valence-electron chi connectivity index (χ2n) is 2.43. The molecular weight excluding hydrogens is 188 g/mol. The summed E-state index contributed by atoms with van der Waals surface area (Å²) >= 11 is 1.35. The Balaban J connectivity index is 2.23. The lowest BCUT2D eigenvalue weighted by molar-refractivity contribution is 0.968. The van der Waals surface area contributed by atoms with Crippen molar-refractivity contribution < 1.29 is 0 Å². The molecular formula is C6H8N6S. The van der Waals surface area contributed by atoms with E-state index in [1.807, 2.05) is 6.92 Å². The molecule has 0 radical (unpaired) electrons. The molecule has 2 aromatic rings. The second-order valence-corrected chi connectivity index (χ2v) is 3.41. The summed E-state index contributed by atoms with van der Waals surface area (Å²) in [6.07, 6.45) is 1.44. The van der Waals surface area contributed by atoms with E-state index in [1.165, 1.54) is 18.1 Å². The Bertz CT molecular complexity index is 391. The van der Waals surface area contributed by atoms with Crippen LogP contribution in [0.15, 0.2) is 16.5 Å². The van der Waals surface area contributed by atoms with Crippen molar-refractivity contribution in [1.82, 2.24) is 25.1 Å². The van der Waals surface area contributed by atoms with Gasteiger partial charge in [0.15, 0.2) is 5.16 Å². The zero-order valence-corrected chi connectivity index (χ0v) is 7.72. The molecule has 0 bridgehead atoms. The van der Waals surface area contributed by atoms with Crippen LogP contribution in [-0.4, -0.2) is 25.1 Å². The lowest BCUT2D eigenvalue weighted by Crippen LogP contribution is -1.86. The molecule has 7 heteroatoms. The monoisotopic (exact) mass is 196 g/mol. The van der Waals surface area contributed by atoms with Crippen LogP contribution in [0.5, 0.6) is 0 Å². The van der Waals surface area contributed by atoms with E-state index in [4.69, 9.17) is 5.73 Å². The molecule has 0 unspecified atom stereocenters.